The van der Waals surface area contributed by atoms with Crippen LogP contribution in [0, 0.1) is 0 Å². The first-order chi connectivity index (χ1) is 26.2. The molecule has 0 saturated carbocycles. The van der Waals surface area contributed by atoms with Crippen LogP contribution in [0.2, 0.25) is 0 Å². The lowest BCUT2D eigenvalue weighted by molar-refractivity contribution is -0.123. The summed E-state index contributed by atoms with van der Waals surface area (Å²) < 4.78 is 0. The van der Waals surface area contributed by atoms with Crippen LogP contribution in [-0.2, 0) is 4.79 Å². The number of rotatable bonds is 42. The summed E-state index contributed by atoms with van der Waals surface area (Å²) in [6.07, 6.45) is 60.6. The van der Waals surface area contributed by atoms with Crippen LogP contribution in [0.1, 0.15) is 239 Å². The van der Waals surface area contributed by atoms with Gasteiger partial charge in [0, 0.05) is 6.42 Å². The van der Waals surface area contributed by atoms with Gasteiger partial charge in [-0.05, 0) is 51.4 Å². The molecular weight excluding hydrogens is 651 g/mol. The van der Waals surface area contributed by atoms with Gasteiger partial charge in [0.15, 0.2) is 0 Å². The van der Waals surface area contributed by atoms with Gasteiger partial charge in [0.05, 0.1) is 18.8 Å². The van der Waals surface area contributed by atoms with Crippen molar-refractivity contribution in [1.29, 1.82) is 0 Å². The van der Waals surface area contributed by atoms with Gasteiger partial charge in [0.1, 0.15) is 0 Å². The monoisotopic (exact) mass is 742 g/mol. The van der Waals surface area contributed by atoms with Crippen molar-refractivity contribution in [2.75, 3.05) is 6.61 Å². The van der Waals surface area contributed by atoms with Crippen LogP contribution in [0.4, 0.5) is 0 Å². The first kappa shape index (κ1) is 51.4. The zero-order valence-electron chi connectivity index (χ0n) is 35.5. The maximum Gasteiger partial charge on any atom is 0.220 e. The fourth-order valence-electron chi connectivity index (χ4n) is 7.06. The van der Waals surface area contributed by atoms with Crippen molar-refractivity contribution in [1.82, 2.24) is 5.32 Å². The Labute approximate surface area is 331 Å². The molecule has 0 fully saturated rings. The van der Waals surface area contributed by atoms with E-state index in [4.69, 9.17) is 0 Å². The minimum atomic E-state index is -0.658. The smallest absolute Gasteiger partial charge is 0.220 e. The molecule has 0 saturated heterocycles. The van der Waals surface area contributed by atoms with E-state index in [1.54, 1.807) is 0 Å². The molecule has 0 aliphatic rings. The van der Waals surface area contributed by atoms with Crippen LogP contribution >= 0.6 is 0 Å². The van der Waals surface area contributed by atoms with E-state index in [1.165, 1.54) is 161 Å². The molecule has 0 radical (unpaired) electrons. The lowest BCUT2D eigenvalue weighted by Crippen LogP contribution is -2.45. The zero-order chi connectivity index (χ0) is 38.6. The van der Waals surface area contributed by atoms with Gasteiger partial charge in [-0.1, -0.05) is 229 Å². The molecule has 2 atom stereocenters. The highest BCUT2D eigenvalue weighted by atomic mass is 16.3. The third-order valence-electron chi connectivity index (χ3n) is 10.6. The van der Waals surface area contributed by atoms with Crippen LogP contribution < -0.4 is 5.32 Å². The van der Waals surface area contributed by atoms with Crippen molar-refractivity contribution in [3.05, 3.63) is 48.6 Å². The lowest BCUT2D eigenvalue weighted by atomic mass is 10.0. The Hall–Kier alpha value is -1.65. The van der Waals surface area contributed by atoms with E-state index in [-0.39, 0.29) is 12.5 Å². The average Bonchev–Trinajstić information content (AvgIpc) is 3.16. The van der Waals surface area contributed by atoms with E-state index in [0.717, 1.165) is 51.4 Å². The molecule has 0 aliphatic heterocycles. The number of aliphatic hydroxyl groups is 2. The zero-order valence-corrected chi connectivity index (χ0v) is 35.5. The normalized spacial score (nSPS) is 13.4. The topological polar surface area (TPSA) is 69.6 Å². The van der Waals surface area contributed by atoms with E-state index in [9.17, 15) is 15.0 Å². The van der Waals surface area contributed by atoms with Gasteiger partial charge < -0.3 is 15.5 Å². The second-order valence-corrected chi connectivity index (χ2v) is 15.8. The van der Waals surface area contributed by atoms with Crippen LogP contribution in [0.15, 0.2) is 48.6 Å². The number of aliphatic hydroxyl groups excluding tert-OH is 2. The van der Waals surface area contributed by atoms with Gasteiger partial charge in [-0.15, -0.1) is 0 Å². The third kappa shape index (κ3) is 41.4. The molecule has 2 unspecified atom stereocenters. The van der Waals surface area contributed by atoms with Crippen LogP contribution in [0.3, 0.4) is 0 Å². The Kier molecular flexibility index (Phi) is 43.4. The third-order valence-corrected chi connectivity index (χ3v) is 10.6. The van der Waals surface area contributed by atoms with Gasteiger partial charge in [0.25, 0.3) is 0 Å². The van der Waals surface area contributed by atoms with E-state index in [2.05, 4.69) is 67.8 Å². The number of carbonyl (C=O) groups excluding carboxylic acids is 1. The number of allylic oxidation sites excluding steroid dienone is 8. The van der Waals surface area contributed by atoms with Crippen molar-refractivity contribution in [2.45, 2.75) is 251 Å². The highest BCUT2D eigenvalue weighted by Crippen LogP contribution is 2.16. The molecular formula is C49H91NO3. The largest absolute Gasteiger partial charge is 0.394 e. The maximum absolute atomic E-state index is 12.4. The molecule has 0 bridgehead atoms. The number of hydrogen-bond acceptors (Lipinski definition) is 3. The van der Waals surface area contributed by atoms with E-state index >= 15 is 0 Å². The van der Waals surface area contributed by atoms with Crippen LogP contribution in [0.25, 0.3) is 0 Å². The fourth-order valence-corrected chi connectivity index (χ4v) is 7.06. The van der Waals surface area contributed by atoms with E-state index in [1.807, 2.05) is 0 Å². The average molecular weight is 742 g/mol. The first-order valence-corrected chi connectivity index (χ1v) is 23.3. The molecule has 0 aromatic rings. The maximum atomic E-state index is 12.4. The highest BCUT2D eigenvalue weighted by Gasteiger charge is 2.20. The van der Waals surface area contributed by atoms with Crippen molar-refractivity contribution in [3.8, 4) is 0 Å². The summed E-state index contributed by atoms with van der Waals surface area (Å²) in [7, 11) is 0. The molecule has 0 aromatic carbocycles. The molecule has 3 N–H and O–H groups in total. The SMILES string of the molecule is CC/C=C\C/C=C\C/C=C\C/C=C\CCCCCCCCCCCCCCCCCCC(=O)NC(CO)C(O)CCCCCCCCCCCCCC. The minimum absolute atomic E-state index is 0.0319. The predicted molar refractivity (Wildman–Crippen MR) is 235 cm³/mol. The minimum Gasteiger partial charge on any atom is -0.394 e. The molecule has 0 spiro atoms. The molecule has 0 rings (SSSR count). The van der Waals surface area contributed by atoms with Crippen molar-refractivity contribution in [3.63, 3.8) is 0 Å². The van der Waals surface area contributed by atoms with Gasteiger partial charge in [-0.2, -0.15) is 0 Å². The number of carbonyl (C=O) groups is 1. The Bertz CT molecular complexity index is 847. The summed E-state index contributed by atoms with van der Waals surface area (Å²) in [4.78, 5) is 12.4. The Morgan fingerprint density at radius 1 is 0.472 bits per heavy atom. The molecule has 1 amide bonds. The molecule has 53 heavy (non-hydrogen) atoms. The Morgan fingerprint density at radius 3 is 1.25 bits per heavy atom. The molecule has 4 nitrogen and oxygen atoms in total. The Balaban J connectivity index is 3.46. The Morgan fingerprint density at radius 2 is 0.830 bits per heavy atom. The van der Waals surface area contributed by atoms with Gasteiger partial charge in [-0.25, -0.2) is 0 Å². The summed E-state index contributed by atoms with van der Waals surface area (Å²) in [6, 6.07) is -0.535. The van der Waals surface area contributed by atoms with Crippen molar-refractivity contribution >= 4 is 5.91 Å². The fraction of sp³-hybridized carbons (Fsp3) is 0.816. The van der Waals surface area contributed by atoms with Gasteiger partial charge in [0.2, 0.25) is 5.91 Å². The van der Waals surface area contributed by atoms with Crippen molar-refractivity contribution < 1.29 is 15.0 Å². The summed E-state index contributed by atoms with van der Waals surface area (Å²) >= 11 is 0. The quantitative estimate of drug-likeness (QED) is 0.0431. The highest BCUT2D eigenvalue weighted by molar-refractivity contribution is 5.76. The predicted octanol–water partition coefficient (Wildman–Crippen LogP) is 14.7. The summed E-state index contributed by atoms with van der Waals surface area (Å²) in [5.74, 6) is -0.0319. The molecule has 0 aromatic heterocycles. The molecule has 0 heterocycles. The number of unbranched alkanes of at least 4 members (excludes halogenated alkanes) is 27. The van der Waals surface area contributed by atoms with E-state index in [0.29, 0.717) is 12.8 Å². The van der Waals surface area contributed by atoms with Crippen LogP contribution in [-0.4, -0.2) is 34.9 Å². The lowest BCUT2D eigenvalue weighted by Gasteiger charge is -2.22. The molecule has 310 valence electrons. The number of nitrogens with one attached hydrogen (secondary N) is 1. The standard InChI is InChI=1S/C49H91NO3/c1-3-5-7-9-11-13-15-17-18-19-20-21-22-23-24-25-26-27-28-29-30-31-32-33-35-37-39-41-43-45-49(53)50-47(46-51)48(52)44-42-40-38-36-34-16-14-12-10-8-6-4-2/h5,7,11,13,17-18,20-21,47-48,51-52H,3-4,6,8-10,12,14-16,19,22-46H2,1-2H3,(H,50,53)/b7-5-,13-11-,18-17-,21-20-. The number of hydrogen-bond donors (Lipinski definition) is 3. The summed E-state index contributed by atoms with van der Waals surface area (Å²) in [6.45, 7) is 4.24. The van der Waals surface area contributed by atoms with Gasteiger partial charge >= 0.3 is 0 Å². The second-order valence-electron chi connectivity index (χ2n) is 15.8. The number of amides is 1. The molecule has 0 aliphatic carbocycles. The molecule has 4 heteroatoms. The first-order valence-electron chi connectivity index (χ1n) is 23.3. The van der Waals surface area contributed by atoms with Gasteiger partial charge in [-0.3, -0.25) is 4.79 Å². The van der Waals surface area contributed by atoms with E-state index < -0.39 is 12.1 Å². The van der Waals surface area contributed by atoms with Crippen molar-refractivity contribution in [2.24, 2.45) is 0 Å². The summed E-state index contributed by atoms with van der Waals surface area (Å²) in [5.41, 5.74) is 0. The van der Waals surface area contributed by atoms with Crippen LogP contribution in [0.5, 0.6) is 0 Å². The summed E-state index contributed by atoms with van der Waals surface area (Å²) in [5, 5.41) is 23.1. The second kappa shape index (κ2) is 44.7.